The first-order chi connectivity index (χ1) is 13.0. The summed E-state index contributed by atoms with van der Waals surface area (Å²) in [7, 11) is 0. The summed E-state index contributed by atoms with van der Waals surface area (Å²) < 4.78 is 9.54. The molecule has 0 aromatic carbocycles. The highest BCUT2D eigenvalue weighted by molar-refractivity contribution is 9.10. The van der Waals surface area contributed by atoms with Crippen LogP contribution in [0.3, 0.4) is 0 Å². The molecule has 146 valence electrons. The first-order valence-corrected chi connectivity index (χ1v) is 9.71. The first-order valence-electron chi connectivity index (χ1n) is 8.91. The molecule has 1 N–H and O–H groups in total. The van der Waals surface area contributed by atoms with Gasteiger partial charge in [0, 0.05) is 38.8 Å². The van der Waals surface area contributed by atoms with Crippen LogP contribution in [0.4, 0.5) is 5.69 Å². The minimum atomic E-state index is -0.189. The predicted octanol–water partition coefficient (Wildman–Crippen LogP) is 1.67. The average Bonchev–Trinajstić information content (AvgIpc) is 3.22. The lowest BCUT2D eigenvalue weighted by Gasteiger charge is -2.27. The lowest BCUT2D eigenvalue weighted by molar-refractivity contribution is -0.116. The zero-order valence-corrected chi connectivity index (χ0v) is 17.0. The van der Waals surface area contributed by atoms with E-state index >= 15 is 0 Å². The zero-order valence-electron chi connectivity index (χ0n) is 15.4. The summed E-state index contributed by atoms with van der Waals surface area (Å²) in [5, 5.41) is 11.4. The number of ether oxygens (including phenoxy) is 1. The summed E-state index contributed by atoms with van der Waals surface area (Å²) in [6, 6.07) is 0. The van der Waals surface area contributed by atoms with Gasteiger partial charge in [0.1, 0.15) is 5.69 Å². The molecule has 0 bridgehead atoms. The maximum atomic E-state index is 12.9. The number of carbonyl (C=O) groups excluding carboxylic acids is 2. The lowest BCUT2D eigenvalue weighted by Crippen LogP contribution is -2.41. The second kappa shape index (κ2) is 8.66. The minimum absolute atomic E-state index is 0.139. The van der Waals surface area contributed by atoms with E-state index in [1.165, 1.54) is 6.20 Å². The maximum absolute atomic E-state index is 12.9. The van der Waals surface area contributed by atoms with Crippen molar-refractivity contribution in [3.63, 3.8) is 0 Å². The second-order valence-electron chi connectivity index (χ2n) is 6.25. The molecule has 1 aliphatic heterocycles. The third-order valence-corrected chi connectivity index (χ3v) is 5.15. The molecule has 0 spiro atoms. The van der Waals surface area contributed by atoms with Crippen LogP contribution in [0.5, 0.6) is 0 Å². The molecule has 0 unspecified atom stereocenters. The number of hydrogen-bond acceptors (Lipinski definition) is 5. The number of nitrogens with zero attached hydrogens (tertiary/aromatic N) is 5. The fourth-order valence-corrected chi connectivity index (χ4v) is 3.21. The molecular formula is C17H23BrN6O3. The summed E-state index contributed by atoms with van der Waals surface area (Å²) in [5.41, 5.74) is 1.72. The molecular weight excluding hydrogens is 416 g/mol. The number of aromatic nitrogens is 4. The topological polar surface area (TPSA) is 94.3 Å². The van der Waals surface area contributed by atoms with E-state index in [0.717, 1.165) is 10.2 Å². The molecule has 1 fully saturated rings. The van der Waals surface area contributed by atoms with Gasteiger partial charge in [-0.1, -0.05) is 0 Å². The Morgan fingerprint density at radius 2 is 2.07 bits per heavy atom. The molecule has 0 saturated carbocycles. The smallest absolute Gasteiger partial charge is 0.274 e. The average molecular weight is 439 g/mol. The Morgan fingerprint density at radius 1 is 1.33 bits per heavy atom. The van der Waals surface area contributed by atoms with Crippen LogP contribution in [0.1, 0.15) is 29.5 Å². The molecule has 0 aliphatic carbocycles. The quantitative estimate of drug-likeness (QED) is 0.739. The largest absolute Gasteiger partial charge is 0.378 e. The van der Waals surface area contributed by atoms with Crippen LogP contribution in [0.25, 0.3) is 0 Å². The number of aryl methyl sites for hydroxylation is 3. The van der Waals surface area contributed by atoms with Gasteiger partial charge < -0.3 is 15.0 Å². The van der Waals surface area contributed by atoms with Crippen molar-refractivity contribution in [1.82, 2.24) is 24.5 Å². The van der Waals surface area contributed by atoms with Gasteiger partial charge in [-0.2, -0.15) is 10.2 Å². The molecule has 2 aromatic heterocycles. The van der Waals surface area contributed by atoms with Crippen molar-refractivity contribution in [3.8, 4) is 0 Å². The number of rotatable bonds is 6. The van der Waals surface area contributed by atoms with Crippen molar-refractivity contribution >= 4 is 33.4 Å². The Morgan fingerprint density at radius 3 is 2.70 bits per heavy atom. The first kappa shape index (κ1) is 19.6. The van der Waals surface area contributed by atoms with Crippen molar-refractivity contribution < 1.29 is 14.3 Å². The standard InChI is InChI=1S/C17H23BrN6O3/c1-3-24-16(17(26)22-6-8-27-9-7-22)14(10-19-24)20-15(25)4-5-23-11-13(18)12(2)21-23/h10-11H,3-9H2,1-2H3,(H,20,25). The number of anilines is 1. The van der Waals surface area contributed by atoms with Gasteiger partial charge in [-0.15, -0.1) is 0 Å². The molecule has 0 atom stereocenters. The molecule has 1 aliphatic rings. The molecule has 0 radical (unpaired) electrons. The van der Waals surface area contributed by atoms with Gasteiger partial charge in [0.15, 0.2) is 0 Å². The number of hydrogen-bond donors (Lipinski definition) is 1. The fourth-order valence-electron chi connectivity index (χ4n) is 2.90. The van der Waals surface area contributed by atoms with E-state index in [2.05, 4.69) is 31.4 Å². The van der Waals surface area contributed by atoms with Crippen LogP contribution in [0, 0.1) is 6.92 Å². The number of nitrogens with one attached hydrogen (secondary N) is 1. The van der Waals surface area contributed by atoms with Crippen LogP contribution >= 0.6 is 15.9 Å². The zero-order chi connectivity index (χ0) is 19.4. The summed E-state index contributed by atoms with van der Waals surface area (Å²) in [6.45, 7) is 6.91. The van der Waals surface area contributed by atoms with Crippen molar-refractivity contribution in [1.29, 1.82) is 0 Å². The van der Waals surface area contributed by atoms with Gasteiger partial charge in [-0.3, -0.25) is 19.0 Å². The molecule has 10 heteroatoms. The van der Waals surface area contributed by atoms with Gasteiger partial charge in [0.05, 0.1) is 35.3 Å². The number of morpholine rings is 1. The fraction of sp³-hybridized carbons (Fsp3) is 0.529. The van der Waals surface area contributed by atoms with Gasteiger partial charge in [-0.05, 0) is 29.8 Å². The van der Waals surface area contributed by atoms with E-state index in [1.807, 2.05) is 20.0 Å². The Hall–Kier alpha value is -2.20. The van der Waals surface area contributed by atoms with Crippen LogP contribution in [-0.4, -0.2) is 62.6 Å². The molecule has 2 amide bonds. The third-order valence-electron chi connectivity index (χ3n) is 4.37. The molecule has 9 nitrogen and oxygen atoms in total. The highest BCUT2D eigenvalue weighted by Crippen LogP contribution is 2.19. The molecule has 1 saturated heterocycles. The third kappa shape index (κ3) is 4.56. The highest BCUT2D eigenvalue weighted by atomic mass is 79.9. The summed E-state index contributed by atoms with van der Waals surface area (Å²) in [6.07, 6.45) is 3.62. The van der Waals surface area contributed by atoms with Gasteiger partial charge in [0.2, 0.25) is 5.91 Å². The van der Waals surface area contributed by atoms with Crippen molar-refractivity contribution in [2.75, 3.05) is 31.6 Å². The van der Waals surface area contributed by atoms with Crippen molar-refractivity contribution in [2.24, 2.45) is 0 Å². The van der Waals surface area contributed by atoms with Crippen LogP contribution < -0.4 is 5.32 Å². The Labute approximate surface area is 165 Å². The van der Waals surface area contributed by atoms with Gasteiger partial charge >= 0.3 is 0 Å². The van der Waals surface area contributed by atoms with Gasteiger partial charge in [-0.25, -0.2) is 0 Å². The van der Waals surface area contributed by atoms with Gasteiger partial charge in [0.25, 0.3) is 5.91 Å². The highest BCUT2D eigenvalue weighted by Gasteiger charge is 2.26. The van der Waals surface area contributed by atoms with Crippen LogP contribution in [-0.2, 0) is 22.6 Å². The Balaban J connectivity index is 1.67. The van der Waals surface area contributed by atoms with E-state index < -0.39 is 0 Å². The predicted molar refractivity (Wildman–Crippen MR) is 103 cm³/mol. The van der Waals surface area contributed by atoms with Crippen molar-refractivity contribution in [3.05, 3.63) is 28.3 Å². The van der Waals surface area contributed by atoms with E-state index in [0.29, 0.717) is 50.8 Å². The van der Waals surface area contributed by atoms with Crippen LogP contribution in [0.2, 0.25) is 0 Å². The number of amides is 2. The van der Waals surface area contributed by atoms with E-state index in [4.69, 9.17) is 4.74 Å². The molecule has 3 rings (SSSR count). The Kier molecular flexibility index (Phi) is 6.27. The summed E-state index contributed by atoms with van der Waals surface area (Å²) in [4.78, 5) is 27.0. The summed E-state index contributed by atoms with van der Waals surface area (Å²) in [5.74, 6) is -0.328. The van der Waals surface area contributed by atoms with Crippen LogP contribution in [0.15, 0.2) is 16.9 Å². The molecule has 3 heterocycles. The molecule has 2 aromatic rings. The Bertz CT molecular complexity index is 805. The minimum Gasteiger partial charge on any atom is -0.378 e. The SMILES string of the molecule is CCn1ncc(NC(=O)CCn2cc(Br)c(C)n2)c1C(=O)N1CCOCC1. The molecule has 27 heavy (non-hydrogen) atoms. The number of halogens is 1. The van der Waals surface area contributed by atoms with E-state index in [9.17, 15) is 9.59 Å². The van der Waals surface area contributed by atoms with E-state index in [-0.39, 0.29) is 18.2 Å². The van der Waals surface area contributed by atoms with E-state index in [1.54, 1.807) is 14.3 Å². The number of carbonyl (C=O) groups is 2. The second-order valence-corrected chi connectivity index (χ2v) is 7.11. The normalized spacial score (nSPS) is 14.4. The monoisotopic (exact) mass is 438 g/mol. The lowest BCUT2D eigenvalue weighted by atomic mass is 10.2. The summed E-state index contributed by atoms with van der Waals surface area (Å²) >= 11 is 3.40. The van der Waals surface area contributed by atoms with Crippen molar-refractivity contribution in [2.45, 2.75) is 33.4 Å². The maximum Gasteiger partial charge on any atom is 0.274 e.